The molecule has 0 aromatic heterocycles. The Balaban J connectivity index is 0. The average molecular weight is 317 g/mol. The molecule has 0 aromatic rings. The zero-order valence-corrected chi connectivity index (χ0v) is 12.3. The molecule has 0 rings (SSSR count). The average Bonchev–Trinajstić information content (AvgIpc) is 2.23. The minimum atomic E-state index is -0.139. The van der Waals surface area contributed by atoms with E-state index in [2.05, 4.69) is 15.9 Å². The summed E-state index contributed by atoms with van der Waals surface area (Å²) < 4.78 is 4.90. The van der Waals surface area contributed by atoms with Crippen LogP contribution in [-0.4, -0.2) is 23.9 Å². The predicted molar refractivity (Wildman–Crippen MR) is 73.4 cm³/mol. The topological polar surface area (TPSA) is 52.3 Å². The van der Waals surface area contributed by atoms with Crippen LogP contribution in [0.3, 0.4) is 0 Å². The minimum Gasteiger partial charge on any atom is -0.465 e. The Morgan fingerprint density at radius 1 is 1.25 bits per heavy atom. The fourth-order valence-corrected chi connectivity index (χ4v) is 1.80. The van der Waals surface area contributed by atoms with Crippen molar-refractivity contribution in [3.63, 3.8) is 0 Å². The van der Waals surface area contributed by atoms with Crippen molar-refractivity contribution in [3.05, 3.63) is 0 Å². The summed E-state index contributed by atoms with van der Waals surface area (Å²) in [6.07, 6.45) is 6.61. The van der Waals surface area contributed by atoms with Crippen LogP contribution in [0, 0.1) is 0 Å². The summed E-state index contributed by atoms with van der Waals surface area (Å²) in [7, 11) is 0. The van der Waals surface area contributed by atoms with Crippen LogP contribution in [0.25, 0.3) is 0 Å². The second kappa shape index (κ2) is 13.3. The van der Waals surface area contributed by atoms with E-state index in [1.807, 2.05) is 6.92 Å². The van der Waals surface area contributed by atoms with E-state index in [-0.39, 0.29) is 23.2 Å². The van der Waals surface area contributed by atoms with Crippen LogP contribution in [0.15, 0.2) is 0 Å². The molecule has 3 nitrogen and oxygen atoms in total. The van der Waals surface area contributed by atoms with E-state index in [1.54, 1.807) is 0 Å². The van der Waals surface area contributed by atoms with Gasteiger partial charge in [0.15, 0.2) is 0 Å². The Morgan fingerprint density at radius 3 is 2.38 bits per heavy atom. The SMILES string of the molecule is CCOC(=O)C(Br)CCCCCCCN.Cl. The quantitative estimate of drug-likeness (QED) is 0.404. The molecule has 1 atom stereocenters. The van der Waals surface area contributed by atoms with E-state index < -0.39 is 0 Å². The van der Waals surface area contributed by atoms with Crippen molar-refractivity contribution in [1.82, 2.24) is 0 Å². The number of carbonyl (C=O) groups is 1. The first-order valence-corrected chi connectivity index (χ1v) is 6.64. The highest BCUT2D eigenvalue weighted by atomic mass is 79.9. The molecule has 0 radical (unpaired) electrons. The second-order valence-corrected chi connectivity index (χ2v) is 4.67. The van der Waals surface area contributed by atoms with Gasteiger partial charge in [0.25, 0.3) is 0 Å². The van der Waals surface area contributed by atoms with Crippen molar-refractivity contribution in [2.75, 3.05) is 13.2 Å². The van der Waals surface area contributed by atoms with Gasteiger partial charge in [-0.05, 0) is 26.3 Å². The molecule has 0 bridgehead atoms. The van der Waals surface area contributed by atoms with Crippen LogP contribution in [0.4, 0.5) is 0 Å². The van der Waals surface area contributed by atoms with Crippen LogP contribution in [-0.2, 0) is 9.53 Å². The molecular formula is C11H23BrClNO2. The molecule has 16 heavy (non-hydrogen) atoms. The van der Waals surface area contributed by atoms with Gasteiger partial charge >= 0.3 is 5.97 Å². The van der Waals surface area contributed by atoms with Crippen molar-refractivity contribution in [1.29, 1.82) is 0 Å². The molecule has 98 valence electrons. The lowest BCUT2D eigenvalue weighted by atomic mass is 10.1. The van der Waals surface area contributed by atoms with Crippen LogP contribution >= 0.6 is 28.3 Å². The number of unbranched alkanes of at least 4 members (excludes halogenated alkanes) is 4. The van der Waals surface area contributed by atoms with Gasteiger partial charge in [-0.3, -0.25) is 4.79 Å². The predicted octanol–water partition coefficient (Wildman–Crippen LogP) is 3.03. The lowest BCUT2D eigenvalue weighted by Gasteiger charge is -2.08. The lowest BCUT2D eigenvalue weighted by Crippen LogP contribution is -2.17. The highest BCUT2D eigenvalue weighted by molar-refractivity contribution is 9.10. The first kappa shape index (κ1) is 18.6. The summed E-state index contributed by atoms with van der Waals surface area (Å²) in [5.74, 6) is -0.139. The summed E-state index contributed by atoms with van der Waals surface area (Å²) in [5.41, 5.74) is 5.40. The van der Waals surface area contributed by atoms with Crippen LogP contribution in [0.2, 0.25) is 0 Å². The van der Waals surface area contributed by atoms with Crippen molar-refractivity contribution >= 4 is 34.3 Å². The number of rotatable bonds is 9. The van der Waals surface area contributed by atoms with Gasteiger partial charge < -0.3 is 10.5 Å². The fourth-order valence-electron chi connectivity index (χ4n) is 1.35. The van der Waals surface area contributed by atoms with Crippen molar-refractivity contribution in [2.45, 2.75) is 50.3 Å². The third-order valence-corrected chi connectivity index (χ3v) is 3.04. The van der Waals surface area contributed by atoms with Gasteiger partial charge in [-0.1, -0.05) is 41.6 Å². The summed E-state index contributed by atoms with van der Waals surface area (Å²) in [5, 5.41) is 0. The van der Waals surface area contributed by atoms with Crippen LogP contribution in [0.5, 0.6) is 0 Å². The van der Waals surface area contributed by atoms with E-state index in [1.165, 1.54) is 19.3 Å². The van der Waals surface area contributed by atoms with Gasteiger partial charge in [-0.2, -0.15) is 0 Å². The largest absolute Gasteiger partial charge is 0.465 e. The zero-order chi connectivity index (χ0) is 11.5. The maximum Gasteiger partial charge on any atom is 0.319 e. The third kappa shape index (κ3) is 10.7. The van der Waals surface area contributed by atoms with Gasteiger partial charge in [-0.15, -0.1) is 12.4 Å². The molecule has 2 N–H and O–H groups in total. The summed E-state index contributed by atoms with van der Waals surface area (Å²) in [4.78, 5) is 11.1. The molecule has 0 aliphatic rings. The molecule has 0 aromatic carbocycles. The number of esters is 1. The van der Waals surface area contributed by atoms with Crippen molar-refractivity contribution in [2.24, 2.45) is 5.73 Å². The van der Waals surface area contributed by atoms with E-state index in [9.17, 15) is 4.79 Å². The minimum absolute atomic E-state index is 0. The number of hydrogen-bond donors (Lipinski definition) is 1. The molecule has 0 saturated carbocycles. The number of halogens is 2. The Hall–Kier alpha value is 0.200. The molecular weight excluding hydrogens is 293 g/mol. The maximum absolute atomic E-state index is 11.2. The molecule has 1 unspecified atom stereocenters. The molecule has 5 heteroatoms. The van der Waals surface area contributed by atoms with Gasteiger partial charge in [0.05, 0.1) is 6.61 Å². The molecule has 0 fully saturated rings. The van der Waals surface area contributed by atoms with E-state index in [0.717, 1.165) is 25.8 Å². The monoisotopic (exact) mass is 315 g/mol. The Morgan fingerprint density at radius 2 is 1.81 bits per heavy atom. The molecule has 0 amide bonds. The third-order valence-electron chi connectivity index (χ3n) is 2.20. The molecule has 0 spiro atoms. The van der Waals surface area contributed by atoms with Gasteiger partial charge in [0.1, 0.15) is 4.83 Å². The maximum atomic E-state index is 11.2. The summed E-state index contributed by atoms with van der Waals surface area (Å²) >= 11 is 3.33. The Labute approximate surface area is 113 Å². The number of ether oxygens (including phenoxy) is 1. The van der Waals surface area contributed by atoms with E-state index in [4.69, 9.17) is 10.5 Å². The first-order chi connectivity index (χ1) is 7.22. The molecule has 0 aliphatic heterocycles. The number of nitrogens with two attached hydrogens (primary N) is 1. The molecule has 0 heterocycles. The standard InChI is InChI=1S/C11H22BrNO2.ClH/c1-2-15-11(14)10(12)8-6-4-3-5-7-9-13;/h10H,2-9,13H2,1H3;1H. The molecule has 0 aliphatic carbocycles. The summed E-state index contributed by atoms with van der Waals surface area (Å²) in [6.45, 7) is 3.06. The Bertz CT molecular complexity index is 170. The van der Waals surface area contributed by atoms with Gasteiger partial charge in [0, 0.05) is 0 Å². The fraction of sp³-hybridized carbons (Fsp3) is 0.909. The van der Waals surface area contributed by atoms with Crippen LogP contribution in [0.1, 0.15) is 45.4 Å². The smallest absolute Gasteiger partial charge is 0.319 e. The van der Waals surface area contributed by atoms with Crippen LogP contribution < -0.4 is 5.73 Å². The van der Waals surface area contributed by atoms with E-state index >= 15 is 0 Å². The number of carbonyl (C=O) groups excluding carboxylic acids is 1. The lowest BCUT2D eigenvalue weighted by molar-refractivity contribution is -0.142. The number of hydrogen-bond acceptors (Lipinski definition) is 3. The molecule has 0 saturated heterocycles. The van der Waals surface area contributed by atoms with Crippen molar-refractivity contribution < 1.29 is 9.53 Å². The van der Waals surface area contributed by atoms with E-state index in [0.29, 0.717) is 6.61 Å². The van der Waals surface area contributed by atoms with Crippen molar-refractivity contribution in [3.8, 4) is 0 Å². The normalized spacial score (nSPS) is 11.7. The highest BCUT2D eigenvalue weighted by Gasteiger charge is 2.14. The van der Waals surface area contributed by atoms with Gasteiger partial charge in [-0.25, -0.2) is 0 Å². The second-order valence-electron chi connectivity index (χ2n) is 3.56. The summed E-state index contributed by atoms with van der Waals surface area (Å²) in [6, 6.07) is 0. The zero-order valence-electron chi connectivity index (χ0n) is 9.91. The highest BCUT2D eigenvalue weighted by Crippen LogP contribution is 2.13. The number of alkyl halides is 1. The van der Waals surface area contributed by atoms with Gasteiger partial charge in [0.2, 0.25) is 0 Å². The Kier molecular flexibility index (Phi) is 15.4. The first-order valence-electron chi connectivity index (χ1n) is 5.73.